The van der Waals surface area contributed by atoms with Crippen LogP contribution in [0.2, 0.25) is 0 Å². The van der Waals surface area contributed by atoms with Crippen LogP contribution in [0.25, 0.3) is 0 Å². The molecule has 1 saturated heterocycles. The van der Waals surface area contributed by atoms with Gasteiger partial charge < -0.3 is 10.2 Å². The summed E-state index contributed by atoms with van der Waals surface area (Å²) in [4.78, 5) is 7.34. The highest BCUT2D eigenvalue weighted by molar-refractivity contribution is 7.89. The number of piperidine rings is 1. The highest BCUT2D eigenvalue weighted by atomic mass is 32.2. The molecule has 1 fully saturated rings. The van der Waals surface area contributed by atoms with Crippen molar-refractivity contribution in [1.29, 1.82) is 0 Å². The zero-order chi connectivity index (χ0) is 26.1. The maximum Gasteiger partial charge on any atom is 0.240 e. The highest BCUT2D eigenvalue weighted by Gasteiger charge is 2.15. The number of benzene rings is 2. The van der Waals surface area contributed by atoms with Gasteiger partial charge in [0.05, 0.1) is 4.90 Å². The van der Waals surface area contributed by atoms with Crippen LogP contribution in [-0.4, -0.2) is 33.5 Å². The Morgan fingerprint density at radius 2 is 1.56 bits per heavy atom. The summed E-state index contributed by atoms with van der Waals surface area (Å²) < 4.78 is 39.5. The molecule has 1 aliphatic rings. The summed E-state index contributed by atoms with van der Waals surface area (Å²) in [6.07, 6.45) is 4.17. The number of sulfonamides is 1. The maximum absolute atomic E-state index is 13.3. The van der Waals surface area contributed by atoms with E-state index in [1.165, 1.54) is 38.4 Å². The Morgan fingerprint density at radius 1 is 0.944 bits per heavy atom. The molecule has 0 bridgehead atoms. The molecule has 2 aromatic carbocycles. The van der Waals surface area contributed by atoms with Gasteiger partial charge in [0.25, 0.3) is 0 Å². The summed E-state index contributed by atoms with van der Waals surface area (Å²) in [5.74, 6) is 1.27. The van der Waals surface area contributed by atoms with Crippen LogP contribution >= 0.6 is 0 Å². The fourth-order valence-corrected chi connectivity index (χ4v) is 4.59. The van der Waals surface area contributed by atoms with E-state index in [9.17, 15) is 12.8 Å². The first-order valence-electron chi connectivity index (χ1n) is 12.5. The lowest BCUT2D eigenvalue weighted by atomic mass is 10.1. The molecule has 1 aromatic heterocycles. The Morgan fingerprint density at radius 3 is 2.14 bits per heavy atom. The van der Waals surface area contributed by atoms with E-state index in [1.807, 2.05) is 6.07 Å². The first-order valence-corrected chi connectivity index (χ1v) is 14.0. The zero-order valence-corrected chi connectivity index (χ0v) is 22.4. The van der Waals surface area contributed by atoms with E-state index in [2.05, 4.69) is 41.8 Å². The van der Waals surface area contributed by atoms with Crippen LogP contribution in [-0.2, 0) is 16.4 Å². The molecule has 2 heterocycles. The second-order valence-corrected chi connectivity index (χ2v) is 11.5. The van der Waals surface area contributed by atoms with Crippen molar-refractivity contribution in [1.82, 2.24) is 9.71 Å². The molecule has 36 heavy (non-hydrogen) atoms. The molecule has 8 heteroatoms. The topological polar surface area (TPSA) is 74.3 Å². The van der Waals surface area contributed by atoms with Gasteiger partial charge in [-0.1, -0.05) is 32.9 Å². The fraction of sp³-hybridized carbons (Fsp3) is 0.393. The van der Waals surface area contributed by atoms with Crippen LogP contribution < -0.4 is 14.9 Å². The van der Waals surface area contributed by atoms with Gasteiger partial charge in [-0.05, 0) is 80.3 Å². The summed E-state index contributed by atoms with van der Waals surface area (Å²) in [6, 6.07) is 17.2. The fourth-order valence-electron chi connectivity index (χ4n) is 3.86. The van der Waals surface area contributed by atoms with Gasteiger partial charge in [-0.15, -0.1) is 0 Å². The third kappa shape index (κ3) is 8.31. The van der Waals surface area contributed by atoms with Gasteiger partial charge in [-0.3, -0.25) is 0 Å². The Balaban J connectivity index is 0.000000840. The maximum atomic E-state index is 13.3. The zero-order valence-electron chi connectivity index (χ0n) is 21.6. The molecule has 0 atom stereocenters. The van der Waals surface area contributed by atoms with Crippen molar-refractivity contribution in [2.45, 2.75) is 51.3 Å². The summed E-state index contributed by atoms with van der Waals surface area (Å²) >= 11 is 0. The summed E-state index contributed by atoms with van der Waals surface area (Å²) in [5.41, 5.74) is 3.73. The van der Waals surface area contributed by atoms with Crippen molar-refractivity contribution >= 4 is 27.2 Å². The SMILES string of the molecule is CC(C)C.CNS(=O)(=O)c1ccc(Nc2cc(N3CCCCC3)cc(Cc3ccc(F)cc3)n2)cc1. The summed E-state index contributed by atoms with van der Waals surface area (Å²) in [5, 5.41) is 3.30. The lowest BCUT2D eigenvalue weighted by Crippen LogP contribution is -2.29. The Kier molecular flexibility index (Phi) is 9.84. The van der Waals surface area contributed by atoms with Crippen LogP contribution in [0.4, 0.5) is 21.6 Å². The van der Waals surface area contributed by atoms with Gasteiger partial charge in [0.15, 0.2) is 0 Å². The number of nitrogens with zero attached hydrogens (tertiary/aromatic N) is 2. The predicted molar refractivity (Wildman–Crippen MR) is 146 cm³/mol. The second-order valence-electron chi connectivity index (χ2n) is 9.64. The molecule has 6 nitrogen and oxygen atoms in total. The van der Waals surface area contributed by atoms with E-state index in [0.717, 1.165) is 41.6 Å². The number of hydrogen-bond acceptors (Lipinski definition) is 5. The summed E-state index contributed by atoms with van der Waals surface area (Å²) in [7, 11) is -2.09. The molecule has 0 radical (unpaired) electrons. The Hall–Kier alpha value is -2.97. The standard InChI is InChI=1S/C24H27FN4O2S.C4H10/c1-26-32(30,31)23-11-9-20(10-12-23)27-24-17-22(29-13-3-2-4-14-29)16-21(28-24)15-18-5-7-19(25)8-6-18;1-4(2)3/h5-12,16-17,26H,2-4,13-15H2,1H3,(H,27,28);4H,1-3H3. The van der Waals surface area contributed by atoms with Crippen LogP contribution in [0.15, 0.2) is 65.6 Å². The lowest BCUT2D eigenvalue weighted by Gasteiger charge is -2.29. The normalized spacial score (nSPS) is 13.8. The molecule has 2 N–H and O–H groups in total. The van der Waals surface area contributed by atoms with E-state index in [1.54, 1.807) is 36.4 Å². The average Bonchev–Trinajstić information content (AvgIpc) is 2.86. The van der Waals surface area contributed by atoms with Crippen LogP contribution in [0.5, 0.6) is 0 Å². The quantitative estimate of drug-likeness (QED) is 0.399. The van der Waals surface area contributed by atoms with Crippen molar-refractivity contribution in [3.05, 3.63) is 77.7 Å². The van der Waals surface area contributed by atoms with E-state index < -0.39 is 10.0 Å². The van der Waals surface area contributed by atoms with E-state index in [-0.39, 0.29) is 10.7 Å². The minimum absolute atomic E-state index is 0.206. The highest BCUT2D eigenvalue weighted by Crippen LogP contribution is 2.27. The molecule has 0 saturated carbocycles. The summed E-state index contributed by atoms with van der Waals surface area (Å²) in [6.45, 7) is 8.52. The molecular formula is C28H37FN4O2S. The molecule has 4 rings (SSSR count). The molecule has 194 valence electrons. The van der Waals surface area contributed by atoms with Crippen molar-refractivity contribution in [3.63, 3.8) is 0 Å². The van der Waals surface area contributed by atoms with Gasteiger partial charge in [-0.2, -0.15) is 0 Å². The first kappa shape index (κ1) is 27.6. The average molecular weight is 513 g/mol. The van der Waals surface area contributed by atoms with Gasteiger partial charge in [0.1, 0.15) is 11.6 Å². The van der Waals surface area contributed by atoms with Crippen LogP contribution in [0.1, 0.15) is 51.3 Å². The van der Waals surface area contributed by atoms with Gasteiger partial charge in [0, 0.05) is 42.6 Å². The van der Waals surface area contributed by atoms with E-state index in [4.69, 9.17) is 4.98 Å². The Bertz CT molecular complexity index is 1200. The van der Waals surface area contributed by atoms with Crippen LogP contribution in [0, 0.1) is 11.7 Å². The molecular weight excluding hydrogens is 475 g/mol. The largest absolute Gasteiger partial charge is 0.371 e. The Labute approximate surface area is 215 Å². The molecule has 0 aliphatic carbocycles. The number of halogens is 1. The number of rotatable bonds is 7. The third-order valence-corrected chi connectivity index (χ3v) is 7.02. The first-order chi connectivity index (χ1) is 17.2. The van der Waals surface area contributed by atoms with E-state index >= 15 is 0 Å². The molecule has 1 aliphatic heterocycles. The molecule has 0 amide bonds. The third-order valence-electron chi connectivity index (χ3n) is 5.59. The number of hydrogen-bond donors (Lipinski definition) is 2. The van der Waals surface area contributed by atoms with Crippen molar-refractivity contribution < 1.29 is 12.8 Å². The van der Waals surface area contributed by atoms with Gasteiger partial charge >= 0.3 is 0 Å². The molecule has 3 aromatic rings. The van der Waals surface area contributed by atoms with Crippen molar-refractivity contribution in [3.8, 4) is 0 Å². The number of anilines is 3. The monoisotopic (exact) mass is 512 g/mol. The predicted octanol–water partition coefficient (Wildman–Crippen LogP) is 6.12. The van der Waals surface area contributed by atoms with Gasteiger partial charge in [0.2, 0.25) is 10.0 Å². The van der Waals surface area contributed by atoms with Crippen molar-refractivity contribution in [2.75, 3.05) is 30.4 Å². The van der Waals surface area contributed by atoms with Gasteiger partial charge in [-0.25, -0.2) is 22.5 Å². The van der Waals surface area contributed by atoms with Crippen molar-refractivity contribution in [2.24, 2.45) is 5.92 Å². The van der Waals surface area contributed by atoms with Crippen LogP contribution in [0.3, 0.4) is 0 Å². The number of nitrogens with one attached hydrogen (secondary N) is 2. The minimum atomic E-state index is -3.48. The molecule has 0 unspecified atom stereocenters. The molecule has 0 spiro atoms. The second kappa shape index (κ2) is 12.8. The smallest absolute Gasteiger partial charge is 0.240 e. The number of aromatic nitrogens is 1. The number of pyridine rings is 1. The lowest BCUT2D eigenvalue weighted by molar-refractivity contribution is 0.577. The minimum Gasteiger partial charge on any atom is -0.371 e. The van der Waals surface area contributed by atoms with E-state index in [0.29, 0.717) is 12.2 Å².